The Kier molecular flexibility index (Phi) is 4.79. The van der Waals surface area contributed by atoms with Gasteiger partial charge in [0.2, 0.25) is 0 Å². The van der Waals surface area contributed by atoms with Crippen LogP contribution < -0.4 is 5.73 Å². The molecule has 0 aliphatic carbocycles. The van der Waals surface area contributed by atoms with Crippen molar-refractivity contribution >= 4 is 6.29 Å². The quantitative estimate of drug-likeness (QED) is 0.828. The molecule has 8 heteroatoms. The number of hydrogen-bond donors (Lipinski definition) is 1. The average molecular weight is 376 g/mol. The molecular formula is C19H22F2N4O2. The third-order valence-electron chi connectivity index (χ3n) is 5.49. The van der Waals surface area contributed by atoms with E-state index in [0.717, 1.165) is 35.9 Å². The molecule has 2 aromatic rings. The van der Waals surface area contributed by atoms with Crippen LogP contribution in [0.15, 0.2) is 18.2 Å². The molecule has 3 atom stereocenters. The lowest BCUT2D eigenvalue weighted by molar-refractivity contribution is -0.0535. The lowest BCUT2D eigenvalue weighted by atomic mass is 9.93. The molecule has 3 heterocycles. The van der Waals surface area contributed by atoms with Gasteiger partial charge >= 0.3 is 0 Å². The Bertz CT molecular complexity index is 870. The summed E-state index contributed by atoms with van der Waals surface area (Å²) in [7, 11) is 0. The van der Waals surface area contributed by atoms with Gasteiger partial charge < -0.3 is 15.0 Å². The lowest BCUT2D eigenvalue weighted by Crippen LogP contribution is -2.47. The van der Waals surface area contributed by atoms with Crippen LogP contribution in [0.1, 0.15) is 47.0 Å². The highest BCUT2D eigenvalue weighted by Gasteiger charge is 2.37. The van der Waals surface area contributed by atoms with Crippen LogP contribution in [-0.4, -0.2) is 39.4 Å². The summed E-state index contributed by atoms with van der Waals surface area (Å²) in [6, 6.07) is 2.96. The van der Waals surface area contributed by atoms with E-state index in [9.17, 15) is 13.6 Å². The van der Waals surface area contributed by atoms with E-state index in [2.05, 4.69) is 9.88 Å². The number of fused-ring (bicyclic) bond motifs is 1. The number of benzene rings is 1. The van der Waals surface area contributed by atoms with Crippen LogP contribution in [0.5, 0.6) is 0 Å². The average Bonchev–Trinajstić information content (AvgIpc) is 3.21. The van der Waals surface area contributed by atoms with Crippen LogP contribution in [-0.2, 0) is 24.4 Å². The molecule has 1 aromatic carbocycles. The van der Waals surface area contributed by atoms with E-state index >= 15 is 0 Å². The Labute approximate surface area is 155 Å². The van der Waals surface area contributed by atoms with Crippen molar-refractivity contribution in [2.75, 3.05) is 6.61 Å². The smallest absolute Gasteiger partial charge is 0.185 e. The second-order valence-electron chi connectivity index (χ2n) is 7.10. The van der Waals surface area contributed by atoms with Gasteiger partial charge in [-0.05, 0) is 31.5 Å². The van der Waals surface area contributed by atoms with Gasteiger partial charge in [0, 0.05) is 37.3 Å². The van der Waals surface area contributed by atoms with Gasteiger partial charge in [-0.3, -0.25) is 9.69 Å². The van der Waals surface area contributed by atoms with Gasteiger partial charge in [-0.25, -0.2) is 13.8 Å². The van der Waals surface area contributed by atoms with Gasteiger partial charge in [0.15, 0.2) is 12.1 Å². The SMILES string of the molecule is CCn1c(C=O)nc2c1CN([C@H]1CO[C@H](c3cc(F)ccc3F)[C@@H](N)C1)C2. The number of ether oxygens (including phenoxy) is 1. The van der Waals surface area contributed by atoms with Gasteiger partial charge in [0.05, 0.1) is 18.0 Å². The summed E-state index contributed by atoms with van der Waals surface area (Å²) >= 11 is 0. The Morgan fingerprint density at radius 1 is 1.37 bits per heavy atom. The van der Waals surface area contributed by atoms with Crippen molar-refractivity contribution in [3.05, 3.63) is 52.6 Å². The van der Waals surface area contributed by atoms with E-state index in [1.54, 1.807) is 0 Å². The van der Waals surface area contributed by atoms with Gasteiger partial charge in [-0.15, -0.1) is 0 Å². The number of nitrogens with zero attached hydrogens (tertiary/aromatic N) is 3. The van der Waals surface area contributed by atoms with Crippen molar-refractivity contribution in [3.63, 3.8) is 0 Å². The normalized spacial score (nSPS) is 25.6. The standard InChI is InChI=1S/C19H22F2N4O2/c1-2-25-17-8-24(7-16(17)23-18(25)9-26)12-6-15(22)19(27-10-12)13-5-11(20)3-4-14(13)21/h3-5,9,12,15,19H,2,6-8,10,22H2,1H3/t12-,15+,19-/m1/s1. The van der Waals surface area contributed by atoms with Crippen LogP contribution in [0.25, 0.3) is 0 Å². The number of aromatic nitrogens is 2. The summed E-state index contributed by atoms with van der Waals surface area (Å²) < 4.78 is 35.3. The first kappa shape index (κ1) is 18.2. The lowest BCUT2D eigenvalue weighted by Gasteiger charge is -2.38. The molecule has 2 aliphatic heterocycles. The largest absolute Gasteiger partial charge is 0.370 e. The number of aldehydes is 1. The maximum atomic E-state index is 14.1. The fraction of sp³-hybridized carbons (Fsp3) is 0.474. The molecule has 2 aliphatic rings. The van der Waals surface area contributed by atoms with Gasteiger partial charge in [0.25, 0.3) is 0 Å². The van der Waals surface area contributed by atoms with Gasteiger partial charge in [-0.1, -0.05) is 0 Å². The summed E-state index contributed by atoms with van der Waals surface area (Å²) in [6.45, 7) is 4.35. The number of imidazole rings is 1. The first-order chi connectivity index (χ1) is 13.0. The van der Waals surface area contributed by atoms with Crippen molar-refractivity contribution in [2.45, 2.75) is 51.2 Å². The highest BCUT2D eigenvalue weighted by Crippen LogP contribution is 2.34. The molecule has 1 saturated heterocycles. The maximum Gasteiger partial charge on any atom is 0.185 e. The Hall–Kier alpha value is -2.16. The molecule has 0 amide bonds. The highest BCUT2D eigenvalue weighted by molar-refractivity contribution is 5.70. The second kappa shape index (κ2) is 7.10. The topological polar surface area (TPSA) is 73.4 Å². The van der Waals surface area contributed by atoms with E-state index in [1.807, 2.05) is 11.5 Å². The number of nitrogens with two attached hydrogens (primary N) is 1. The Balaban J connectivity index is 1.47. The fourth-order valence-electron chi connectivity index (χ4n) is 4.15. The number of halogens is 2. The predicted molar refractivity (Wildman–Crippen MR) is 94.0 cm³/mol. The Morgan fingerprint density at radius 2 is 2.19 bits per heavy atom. The van der Waals surface area contributed by atoms with Crippen molar-refractivity contribution in [3.8, 4) is 0 Å². The molecule has 6 nitrogen and oxygen atoms in total. The molecule has 27 heavy (non-hydrogen) atoms. The van der Waals surface area contributed by atoms with Crippen molar-refractivity contribution < 1.29 is 18.3 Å². The fourth-order valence-corrected chi connectivity index (χ4v) is 4.15. The van der Waals surface area contributed by atoms with E-state index in [0.29, 0.717) is 38.5 Å². The maximum absolute atomic E-state index is 14.1. The molecule has 4 rings (SSSR count). The summed E-state index contributed by atoms with van der Waals surface area (Å²) in [5.74, 6) is -0.556. The van der Waals surface area contributed by atoms with Crippen LogP contribution in [0, 0.1) is 11.6 Å². The molecule has 0 radical (unpaired) electrons. The first-order valence-electron chi connectivity index (χ1n) is 9.11. The number of carbonyl (C=O) groups excluding carboxylic acids is 1. The molecular weight excluding hydrogens is 354 g/mol. The van der Waals surface area contributed by atoms with Crippen LogP contribution >= 0.6 is 0 Å². The third kappa shape index (κ3) is 3.18. The molecule has 1 fully saturated rings. The summed E-state index contributed by atoms with van der Waals surface area (Å²) in [4.78, 5) is 17.8. The number of carbonyl (C=O) groups is 1. The minimum Gasteiger partial charge on any atom is -0.370 e. The minimum absolute atomic E-state index is 0.0621. The highest BCUT2D eigenvalue weighted by atomic mass is 19.1. The minimum atomic E-state index is -0.661. The molecule has 2 N–H and O–H groups in total. The first-order valence-corrected chi connectivity index (χ1v) is 9.11. The molecule has 0 unspecified atom stereocenters. The monoisotopic (exact) mass is 376 g/mol. The zero-order chi connectivity index (χ0) is 19.1. The van der Waals surface area contributed by atoms with Crippen LogP contribution in [0.2, 0.25) is 0 Å². The van der Waals surface area contributed by atoms with Crippen LogP contribution in [0.4, 0.5) is 8.78 Å². The van der Waals surface area contributed by atoms with E-state index in [1.165, 1.54) is 0 Å². The van der Waals surface area contributed by atoms with E-state index < -0.39 is 23.8 Å². The molecule has 1 aromatic heterocycles. The van der Waals surface area contributed by atoms with Gasteiger partial charge in [-0.2, -0.15) is 0 Å². The molecule has 0 saturated carbocycles. The second-order valence-corrected chi connectivity index (χ2v) is 7.10. The zero-order valence-corrected chi connectivity index (χ0v) is 15.1. The predicted octanol–water partition coefficient (Wildman–Crippen LogP) is 2.17. The molecule has 144 valence electrons. The third-order valence-corrected chi connectivity index (χ3v) is 5.49. The summed E-state index contributed by atoms with van der Waals surface area (Å²) in [5, 5.41) is 0. The Morgan fingerprint density at radius 3 is 2.89 bits per heavy atom. The van der Waals surface area contributed by atoms with Crippen molar-refractivity contribution in [2.24, 2.45) is 5.73 Å². The van der Waals surface area contributed by atoms with Gasteiger partial charge in [0.1, 0.15) is 17.7 Å². The number of rotatable bonds is 4. The van der Waals surface area contributed by atoms with E-state index in [4.69, 9.17) is 10.5 Å². The van der Waals surface area contributed by atoms with Crippen molar-refractivity contribution in [1.29, 1.82) is 0 Å². The molecule has 0 spiro atoms. The van der Waals surface area contributed by atoms with E-state index in [-0.39, 0.29) is 11.6 Å². The zero-order valence-electron chi connectivity index (χ0n) is 15.1. The summed E-state index contributed by atoms with van der Waals surface area (Å²) in [6.07, 6.45) is 0.729. The van der Waals surface area contributed by atoms with Crippen LogP contribution in [0.3, 0.4) is 0 Å². The summed E-state index contributed by atoms with van der Waals surface area (Å²) in [5.41, 5.74) is 8.38. The number of hydrogen-bond acceptors (Lipinski definition) is 5. The molecule has 0 bridgehead atoms. The van der Waals surface area contributed by atoms with Crippen molar-refractivity contribution in [1.82, 2.24) is 14.5 Å².